The Kier molecular flexibility index (Phi) is 8.94. The predicted molar refractivity (Wildman–Crippen MR) is 123 cm³/mol. The summed E-state index contributed by atoms with van der Waals surface area (Å²) >= 11 is 0. The van der Waals surface area contributed by atoms with Crippen LogP contribution in [0.3, 0.4) is 0 Å². The minimum atomic E-state index is -0.271. The normalized spacial score (nSPS) is 18.8. The van der Waals surface area contributed by atoms with E-state index < -0.39 is 0 Å². The minimum Gasteiger partial charge on any atom is -0.207 e. The van der Waals surface area contributed by atoms with Gasteiger partial charge in [-0.25, -0.2) is 4.39 Å². The van der Waals surface area contributed by atoms with Crippen LogP contribution in [0.15, 0.2) is 42.5 Å². The second-order valence-electron chi connectivity index (χ2n) is 9.08. The van der Waals surface area contributed by atoms with Crippen LogP contribution in [0.1, 0.15) is 99.3 Å². The molecule has 1 fully saturated rings. The van der Waals surface area contributed by atoms with Gasteiger partial charge < -0.3 is 0 Å². The molecule has 0 bridgehead atoms. The quantitative estimate of drug-likeness (QED) is 0.366. The third-order valence-corrected chi connectivity index (χ3v) is 6.88. The highest BCUT2D eigenvalue weighted by Crippen LogP contribution is 2.37. The van der Waals surface area contributed by atoms with Crippen molar-refractivity contribution in [2.75, 3.05) is 0 Å². The number of benzene rings is 2. The topological polar surface area (TPSA) is 23.8 Å². The fraction of sp³-hybridized carbons (Fsp3) is 0.536. The summed E-state index contributed by atoms with van der Waals surface area (Å²) in [5, 5.41) is 8.86. The molecule has 2 heteroatoms. The number of halogens is 1. The lowest BCUT2D eigenvalue weighted by molar-refractivity contribution is 0.302. The van der Waals surface area contributed by atoms with E-state index in [1.807, 2.05) is 6.07 Å². The maximum absolute atomic E-state index is 14.1. The number of unbranched alkanes of at least 4 members (excludes halogenated alkanes) is 4. The molecule has 1 aliphatic rings. The molecule has 0 aromatic heterocycles. The van der Waals surface area contributed by atoms with Crippen molar-refractivity contribution in [2.24, 2.45) is 5.92 Å². The molecule has 1 aliphatic carbocycles. The Morgan fingerprint density at radius 3 is 2.30 bits per heavy atom. The van der Waals surface area contributed by atoms with Gasteiger partial charge >= 0.3 is 0 Å². The molecule has 0 saturated heterocycles. The zero-order valence-electron chi connectivity index (χ0n) is 18.5. The van der Waals surface area contributed by atoms with Crippen LogP contribution < -0.4 is 0 Å². The van der Waals surface area contributed by atoms with Gasteiger partial charge in [0, 0.05) is 0 Å². The average Bonchev–Trinajstić information content (AvgIpc) is 2.79. The van der Waals surface area contributed by atoms with Crippen molar-refractivity contribution < 1.29 is 4.39 Å². The van der Waals surface area contributed by atoms with Crippen molar-refractivity contribution in [3.63, 3.8) is 0 Å². The maximum Gasteiger partial charge on any atom is 0.127 e. The Morgan fingerprint density at radius 1 is 0.900 bits per heavy atom. The molecule has 1 nitrogen and oxygen atoms in total. The van der Waals surface area contributed by atoms with Crippen LogP contribution in [-0.2, 0) is 12.8 Å². The molecule has 30 heavy (non-hydrogen) atoms. The van der Waals surface area contributed by atoms with Crippen LogP contribution in [-0.4, -0.2) is 0 Å². The summed E-state index contributed by atoms with van der Waals surface area (Å²) in [6.07, 6.45) is 15.3. The second-order valence-corrected chi connectivity index (χ2v) is 9.08. The van der Waals surface area contributed by atoms with E-state index in [1.165, 1.54) is 81.4 Å². The molecule has 2 aromatic carbocycles. The van der Waals surface area contributed by atoms with E-state index in [0.29, 0.717) is 23.5 Å². The van der Waals surface area contributed by atoms with Gasteiger partial charge in [0.2, 0.25) is 0 Å². The highest BCUT2D eigenvalue weighted by Gasteiger charge is 2.22. The fourth-order valence-corrected chi connectivity index (χ4v) is 4.88. The molecule has 160 valence electrons. The lowest BCUT2D eigenvalue weighted by atomic mass is 9.77. The van der Waals surface area contributed by atoms with E-state index in [-0.39, 0.29) is 5.82 Å². The summed E-state index contributed by atoms with van der Waals surface area (Å²) in [6, 6.07) is 15.8. The van der Waals surface area contributed by atoms with Crippen LogP contribution in [0.5, 0.6) is 0 Å². The Labute approximate surface area is 182 Å². The number of aryl methyl sites for hydroxylation is 2. The van der Waals surface area contributed by atoms with Gasteiger partial charge in [0.15, 0.2) is 0 Å². The van der Waals surface area contributed by atoms with Gasteiger partial charge in [-0.15, -0.1) is 0 Å². The van der Waals surface area contributed by atoms with Gasteiger partial charge in [-0.1, -0.05) is 75.8 Å². The third-order valence-electron chi connectivity index (χ3n) is 6.88. The van der Waals surface area contributed by atoms with Crippen molar-refractivity contribution in [3.8, 4) is 6.07 Å². The summed E-state index contributed by atoms with van der Waals surface area (Å²) < 4.78 is 14.1. The Hall–Kier alpha value is -2.14. The second kappa shape index (κ2) is 11.9. The van der Waals surface area contributed by atoms with Crippen LogP contribution in [0.2, 0.25) is 0 Å². The molecular formula is C28H36FN. The van der Waals surface area contributed by atoms with Gasteiger partial charge in [0.1, 0.15) is 5.82 Å². The van der Waals surface area contributed by atoms with E-state index in [4.69, 9.17) is 5.26 Å². The average molecular weight is 406 g/mol. The van der Waals surface area contributed by atoms with E-state index in [2.05, 4.69) is 31.2 Å². The first-order valence-electron chi connectivity index (χ1n) is 12.0. The third kappa shape index (κ3) is 6.69. The smallest absolute Gasteiger partial charge is 0.127 e. The molecule has 0 radical (unpaired) electrons. The zero-order chi connectivity index (χ0) is 21.2. The number of hydrogen-bond acceptors (Lipinski definition) is 1. The first-order valence-corrected chi connectivity index (χ1v) is 12.0. The van der Waals surface area contributed by atoms with Crippen LogP contribution >= 0.6 is 0 Å². The molecule has 0 N–H and O–H groups in total. The van der Waals surface area contributed by atoms with Crippen molar-refractivity contribution in [3.05, 3.63) is 70.5 Å². The summed E-state index contributed by atoms with van der Waals surface area (Å²) in [7, 11) is 0. The number of rotatable bonds is 10. The van der Waals surface area contributed by atoms with E-state index in [1.54, 1.807) is 12.1 Å². The molecule has 0 amide bonds. The standard InChI is InChI=1S/C28H36FN/c1-2-3-4-5-6-7-22-8-14-25(15-9-22)26-16-10-23(11-17-26)12-18-27-19-13-24(21-30)20-28(27)29/h10-11,13,16-17,19-20,22,25H,2-9,12,14-15,18H2,1H3/t22-,25-. The molecule has 0 unspecified atom stereocenters. The van der Waals surface area contributed by atoms with Gasteiger partial charge in [0.25, 0.3) is 0 Å². The van der Waals surface area contributed by atoms with Crippen LogP contribution in [0, 0.1) is 23.1 Å². The largest absolute Gasteiger partial charge is 0.207 e. The first-order chi connectivity index (χ1) is 14.7. The molecular weight excluding hydrogens is 369 g/mol. The summed E-state index contributed by atoms with van der Waals surface area (Å²) in [6.45, 7) is 2.28. The lowest BCUT2D eigenvalue weighted by Gasteiger charge is -2.29. The molecule has 0 heterocycles. The SMILES string of the molecule is CCCCCCC[C@H]1CC[C@H](c2ccc(CCc3ccc(C#N)cc3F)cc2)CC1. The highest BCUT2D eigenvalue weighted by atomic mass is 19.1. The fourth-order valence-electron chi connectivity index (χ4n) is 4.88. The Morgan fingerprint density at radius 2 is 1.63 bits per heavy atom. The van der Waals surface area contributed by atoms with E-state index in [9.17, 15) is 4.39 Å². The monoisotopic (exact) mass is 405 g/mol. The van der Waals surface area contributed by atoms with Gasteiger partial charge in [0.05, 0.1) is 11.6 Å². The van der Waals surface area contributed by atoms with Crippen molar-refractivity contribution in [2.45, 2.75) is 89.9 Å². The van der Waals surface area contributed by atoms with Crippen LogP contribution in [0.4, 0.5) is 4.39 Å². The van der Waals surface area contributed by atoms with Crippen molar-refractivity contribution in [1.29, 1.82) is 5.26 Å². The maximum atomic E-state index is 14.1. The lowest BCUT2D eigenvalue weighted by Crippen LogP contribution is -2.13. The van der Waals surface area contributed by atoms with Crippen molar-refractivity contribution >= 4 is 0 Å². The predicted octanol–water partition coefficient (Wildman–Crippen LogP) is 8.12. The summed E-state index contributed by atoms with van der Waals surface area (Å²) in [5.74, 6) is 1.39. The molecule has 0 spiro atoms. The molecule has 2 aromatic rings. The Bertz CT molecular complexity index is 810. The number of hydrogen-bond donors (Lipinski definition) is 0. The highest BCUT2D eigenvalue weighted by molar-refractivity contribution is 5.33. The zero-order valence-corrected chi connectivity index (χ0v) is 18.5. The first kappa shape index (κ1) is 22.5. The summed E-state index contributed by atoms with van der Waals surface area (Å²) in [5.41, 5.74) is 3.80. The van der Waals surface area contributed by atoms with Crippen molar-refractivity contribution in [1.82, 2.24) is 0 Å². The van der Waals surface area contributed by atoms with Gasteiger partial charge in [-0.2, -0.15) is 5.26 Å². The van der Waals surface area contributed by atoms with Gasteiger partial charge in [-0.3, -0.25) is 0 Å². The van der Waals surface area contributed by atoms with Crippen LogP contribution in [0.25, 0.3) is 0 Å². The van der Waals surface area contributed by atoms with Gasteiger partial charge in [-0.05, 0) is 79.2 Å². The minimum absolute atomic E-state index is 0.271. The molecule has 3 rings (SSSR count). The van der Waals surface area contributed by atoms with E-state index in [0.717, 1.165) is 12.3 Å². The molecule has 1 saturated carbocycles. The summed E-state index contributed by atoms with van der Waals surface area (Å²) in [4.78, 5) is 0. The number of nitriles is 1. The van der Waals surface area contributed by atoms with E-state index >= 15 is 0 Å². The Balaban J connectivity index is 1.42. The molecule has 0 aliphatic heterocycles. The number of nitrogens with zero attached hydrogens (tertiary/aromatic N) is 1. The molecule has 0 atom stereocenters.